The number of nitrogens with zero attached hydrogens (tertiary/aromatic N) is 4. The minimum absolute atomic E-state index is 0.130. The third-order valence-corrected chi connectivity index (χ3v) is 6.05. The maximum Gasteiger partial charge on any atom is 0.320 e. The highest BCUT2D eigenvalue weighted by Gasteiger charge is 2.29. The monoisotopic (exact) mass is 432 g/mol. The van der Waals surface area contributed by atoms with Gasteiger partial charge in [0.05, 0.1) is 18.7 Å². The summed E-state index contributed by atoms with van der Waals surface area (Å²) in [4.78, 5) is 23.7. The average molecular weight is 433 g/mol. The van der Waals surface area contributed by atoms with E-state index in [1.54, 1.807) is 0 Å². The number of benzene rings is 1. The summed E-state index contributed by atoms with van der Waals surface area (Å²) in [5, 5.41) is 1.15. The van der Waals surface area contributed by atoms with E-state index in [0.717, 1.165) is 47.1 Å². The van der Waals surface area contributed by atoms with Gasteiger partial charge in [-0.05, 0) is 37.1 Å². The van der Waals surface area contributed by atoms with Crippen LogP contribution in [0.2, 0.25) is 0 Å². The van der Waals surface area contributed by atoms with Gasteiger partial charge in [0.15, 0.2) is 0 Å². The van der Waals surface area contributed by atoms with Crippen LogP contribution < -0.4 is 4.90 Å². The number of rotatable bonds is 2. The lowest BCUT2D eigenvalue weighted by Gasteiger charge is -2.39. The van der Waals surface area contributed by atoms with E-state index in [4.69, 9.17) is 9.72 Å². The van der Waals surface area contributed by atoms with Gasteiger partial charge in [-0.1, -0.05) is 22.0 Å². The smallest absolute Gasteiger partial charge is 0.320 e. The lowest BCUT2D eigenvalue weighted by Crippen LogP contribution is -2.52. The maximum atomic E-state index is 12.7. The quantitative estimate of drug-likeness (QED) is 0.729. The number of pyridine rings is 1. The number of piperidine rings is 1. The summed E-state index contributed by atoms with van der Waals surface area (Å²) in [6.45, 7) is 4.50. The molecule has 4 rings (SSSR count). The van der Waals surface area contributed by atoms with Crippen molar-refractivity contribution in [1.29, 1.82) is 0 Å². The van der Waals surface area contributed by atoms with Gasteiger partial charge in [0, 0.05) is 49.1 Å². The number of carbonyl (C=O) groups excluding carboxylic acids is 1. The summed E-state index contributed by atoms with van der Waals surface area (Å²) in [6.07, 6.45) is 1.93. The first-order valence-corrected chi connectivity index (χ1v) is 10.3. The van der Waals surface area contributed by atoms with Gasteiger partial charge in [0.2, 0.25) is 0 Å². The van der Waals surface area contributed by atoms with E-state index < -0.39 is 0 Å². The standard InChI is InChI=1S/C20H25BrN4O2/c1-23(20(26)25-10-12-27-13-11-25)17-6-8-24(9-7-17)19-5-3-15-2-4-16(21)14-18(15)22-19/h2-5,14,17H,6-13H2,1H3. The molecule has 0 unspecified atom stereocenters. The fourth-order valence-corrected chi connectivity index (χ4v) is 4.22. The number of carbonyl (C=O) groups is 1. The maximum absolute atomic E-state index is 12.7. The molecule has 3 heterocycles. The Morgan fingerprint density at radius 3 is 2.59 bits per heavy atom. The van der Waals surface area contributed by atoms with Gasteiger partial charge < -0.3 is 19.4 Å². The number of fused-ring (bicyclic) bond motifs is 1. The molecule has 1 aromatic carbocycles. The van der Waals surface area contributed by atoms with Gasteiger partial charge >= 0.3 is 6.03 Å². The molecule has 2 aliphatic rings. The fraction of sp³-hybridized carbons (Fsp3) is 0.500. The largest absolute Gasteiger partial charge is 0.378 e. The molecule has 2 amide bonds. The van der Waals surface area contributed by atoms with Gasteiger partial charge in [-0.25, -0.2) is 9.78 Å². The molecule has 2 fully saturated rings. The van der Waals surface area contributed by atoms with Crippen LogP contribution in [0, 0.1) is 0 Å². The Morgan fingerprint density at radius 1 is 1.15 bits per heavy atom. The second-order valence-corrected chi connectivity index (χ2v) is 8.13. The van der Waals surface area contributed by atoms with Crippen molar-refractivity contribution >= 4 is 38.7 Å². The Bertz CT molecular complexity index is 817. The number of halogens is 1. The third kappa shape index (κ3) is 4.04. The molecule has 0 aliphatic carbocycles. The molecular weight excluding hydrogens is 408 g/mol. The zero-order chi connectivity index (χ0) is 18.8. The summed E-state index contributed by atoms with van der Waals surface area (Å²) in [7, 11) is 1.93. The molecule has 0 N–H and O–H groups in total. The molecule has 1 aromatic heterocycles. The zero-order valence-electron chi connectivity index (χ0n) is 15.6. The topological polar surface area (TPSA) is 48.9 Å². The van der Waals surface area contributed by atoms with Crippen molar-refractivity contribution in [3.8, 4) is 0 Å². The molecule has 2 saturated heterocycles. The highest BCUT2D eigenvalue weighted by Crippen LogP contribution is 2.25. The minimum Gasteiger partial charge on any atom is -0.378 e. The van der Waals surface area contributed by atoms with Crippen LogP contribution in [0.25, 0.3) is 10.9 Å². The molecule has 7 heteroatoms. The first-order chi connectivity index (χ1) is 13.1. The molecule has 0 bridgehead atoms. The molecule has 0 radical (unpaired) electrons. The minimum atomic E-state index is 0.130. The highest BCUT2D eigenvalue weighted by atomic mass is 79.9. The van der Waals surface area contributed by atoms with E-state index >= 15 is 0 Å². The Balaban J connectivity index is 1.39. The number of hydrogen-bond acceptors (Lipinski definition) is 4. The number of ether oxygens (including phenoxy) is 1. The molecule has 2 aromatic rings. The van der Waals surface area contributed by atoms with Crippen LogP contribution >= 0.6 is 15.9 Å². The SMILES string of the molecule is CN(C(=O)N1CCOCC1)C1CCN(c2ccc3ccc(Br)cc3n2)CC1. The predicted octanol–water partition coefficient (Wildman–Crippen LogP) is 3.35. The molecule has 6 nitrogen and oxygen atoms in total. The normalized spacial score (nSPS) is 18.7. The van der Waals surface area contributed by atoms with Crippen LogP contribution in [0.15, 0.2) is 34.8 Å². The lowest BCUT2D eigenvalue weighted by atomic mass is 10.0. The Labute approximate surface area is 168 Å². The number of hydrogen-bond donors (Lipinski definition) is 0. The van der Waals surface area contributed by atoms with Crippen LogP contribution in [0.1, 0.15) is 12.8 Å². The first kappa shape index (κ1) is 18.5. The van der Waals surface area contributed by atoms with Crippen LogP contribution in [0.3, 0.4) is 0 Å². The van der Waals surface area contributed by atoms with Crippen molar-refractivity contribution in [2.45, 2.75) is 18.9 Å². The van der Waals surface area contributed by atoms with Crippen LogP contribution in [-0.2, 0) is 4.74 Å². The number of amides is 2. The van der Waals surface area contributed by atoms with Crippen LogP contribution in [0.5, 0.6) is 0 Å². The summed E-state index contributed by atoms with van der Waals surface area (Å²) in [5.74, 6) is 1.02. The summed E-state index contributed by atoms with van der Waals surface area (Å²) >= 11 is 3.52. The average Bonchev–Trinajstić information content (AvgIpc) is 2.73. The van der Waals surface area contributed by atoms with Crippen molar-refractivity contribution in [2.24, 2.45) is 0 Å². The number of aromatic nitrogens is 1. The molecule has 144 valence electrons. The summed E-state index contributed by atoms with van der Waals surface area (Å²) in [6, 6.07) is 10.8. The van der Waals surface area contributed by atoms with E-state index in [1.807, 2.05) is 22.9 Å². The zero-order valence-corrected chi connectivity index (χ0v) is 17.2. The van der Waals surface area contributed by atoms with Crippen LogP contribution in [-0.4, -0.2) is 73.3 Å². The van der Waals surface area contributed by atoms with E-state index in [-0.39, 0.29) is 12.1 Å². The molecule has 27 heavy (non-hydrogen) atoms. The van der Waals surface area contributed by atoms with Crippen molar-refractivity contribution in [3.63, 3.8) is 0 Å². The number of anilines is 1. The highest BCUT2D eigenvalue weighted by molar-refractivity contribution is 9.10. The second kappa shape index (κ2) is 8.02. The van der Waals surface area contributed by atoms with E-state index in [2.05, 4.69) is 45.1 Å². The molecule has 2 aliphatic heterocycles. The van der Waals surface area contributed by atoms with E-state index in [0.29, 0.717) is 26.3 Å². The first-order valence-electron chi connectivity index (χ1n) is 9.52. The molecular formula is C20H25BrN4O2. The van der Waals surface area contributed by atoms with Gasteiger partial charge in [0.1, 0.15) is 5.82 Å². The fourth-order valence-electron chi connectivity index (χ4n) is 3.87. The van der Waals surface area contributed by atoms with Crippen molar-refractivity contribution in [1.82, 2.24) is 14.8 Å². The molecule has 0 saturated carbocycles. The van der Waals surface area contributed by atoms with Gasteiger partial charge in [-0.3, -0.25) is 0 Å². The summed E-state index contributed by atoms with van der Waals surface area (Å²) < 4.78 is 6.39. The third-order valence-electron chi connectivity index (χ3n) is 5.56. The van der Waals surface area contributed by atoms with Crippen LogP contribution in [0.4, 0.5) is 10.6 Å². The second-order valence-electron chi connectivity index (χ2n) is 7.22. The van der Waals surface area contributed by atoms with Crippen molar-refractivity contribution in [3.05, 3.63) is 34.8 Å². The van der Waals surface area contributed by atoms with Gasteiger partial charge in [-0.15, -0.1) is 0 Å². The molecule has 0 spiro atoms. The Hall–Kier alpha value is -1.86. The van der Waals surface area contributed by atoms with E-state index in [1.165, 1.54) is 0 Å². The van der Waals surface area contributed by atoms with Gasteiger partial charge in [0.25, 0.3) is 0 Å². The van der Waals surface area contributed by atoms with E-state index in [9.17, 15) is 4.79 Å². The predicted molar refractivity (Wildman–Crippen MR) is 110 cm³/mol. The Kier molecular flexibility index (Phi) is 5.50. The van der Waals surface area contributed by atoms with Gasteiger partial charge in [-0.2, -0.15) is 0 Å². The van der Waals surface area contributed by atoms with Crippen molar-refractivity contribution < 1.29 is 9.53 Å². The van der Waals surface area contributed by atoms with Crippen molar-refractivity contribution in [2.75, 3.05) is 51.3 Å². The number of morpholine rings is 1. The lowest BCUT2D eigenvalue weighted by molar-refractivity contribution is 0.0409. The molecule has 0 atom stereocenters. The number of urea groups is 1. The summed E-state index contributed by atoms with van der Waals surface area (Å²) in [5.41, 5.74) is 1.00. The Morgan fingerprint density at radius 2 is 1.85 bits per heavy atom.